The van der Waals surface area contributed by atoms with Crippen molar-refractivity contribution in [1.82, 2.24) is 5.32 Å². The lowest BCUT2D eigenvalue weighted by molar-refractivity contribution is 0.0868. The minimum Gasteiger partial charge on any atom is -0.392 e. The van der Waals surface area contributed by atoms with Gasteiger partial charge >= 0.3 is 0 Å². The van der Waals surface area contributed by atoms with Crippen LogP contribution in [-0.4, -0.2) is 28.8 Å². The standard InChI is InChI=1S/C15H23NO3/c1-15(2,3)8-13(18)9-16-14(19)12-6-4-11(10-17)5-7-12/h4-7,13,17-18H,8-10H2,1-3H3,(H,16,19). The lowest BCUT2D eigenvalue weighted by Gasteiger charge is -2.22. The summed E-state index contributed by atoms with van der Waals surface area (Å²) >= 11 is 0. The maximum absolute atomic E-state index is 11.8. The highest BCUT2D eigenvalue weighted by Gasteiger charge is 2.17. The monoisotopic (exact) mass is 265 g/mol. The summed E-state index contributed by atoms with van der Waals surface area (Å²) in [5, 5.41) is 21.4. The fourth-order valence-electron chi connectivity index (χ4n) is 1.85. The van der Waals surface area contributed by atoms with Gasteiger partial charge in [0.15, 0.2) is 0 Å². The summed E-state index contributed by atoms with van der Waals surface area (Å²) in [6.07, 6.45) is 0.0946. The molecule has 19 heavy (non-hydrogen) atoms. The molecule has 106 valence electrons. The Morgan fingerprint density at radius 3 is 2.32 bits per heavy atom. The molecule has 1 aromatic carbocycles. The predicted octanol–water partition coefficient (Wildman–Crippen LogP) is 1.71. The molecular weight excluding hydrogens is 242 g/mol. The van der Waals surface area contributed by atoms with E-state index in [1.807, 2.05) is 20.8 Å². The molecule has 0 aliphatic carbocycles. The molecule has 0 aliphatic heterocycles. The molecule has 1 atom stereocenters. The van der Waals surface area contributed by atoms with E-state index in [9.17, 15) is 9.90 Å². The van der Waals surface area contributed by atoms with Crippen LogP contribution >= 0.6 is 0 Å². The van der Waals surface area contributed by atoms with Crippen LogP contribution in [0.1, 0.15) is 43.1 Å². The Labute approximate surface area is 114 Å². The van der Waals surface area contributed by atoms with Gasteiger partial charge in [-0.2, -0.15) is 0 Å². The van der Waals surface area contributed by atoms with Gasteiger partial charge in [-0.3, -0.25) is 4.79 Å². The first kappa shape index (κ1) is 15.7. The third kappa shape index (κ3) is 5.85. The second-order valence-corrected chi connectivity index (χ2v) is 5.98. The first-order chi connectivity index (χ1) is 8.81. The third-order valence-electron chi connectivity index (χ3n) is 2.74. The molecule has 0 fully saturated rings. The summed E-state index contributed by atoms with van der Waals surface area (Å²) in [5.74, 6) is -0.211. The second-order valence-electron chi connectivity index (χ2n) is 5.98. The quantitative estimate of drug-likeness (QED) is 0.759. The number of aliphatic hydroxyl groups excluding tert-OH is 2. The first-order valence-corrected chi connectivity index (χ1v) is 6.48. The van der Waals surface area contributed by atoms with Crippen LogP contribution in [0, 0.1) is 5.41 Å². The summed E-state index contributed by atoms with van der Waals surface area (Å²) in [4.78, 5) is 11.8. The lowest BCUT2D eigenvalue weighted by Crippen LogP contribution is -2.34. The minimum absolute atomic E-state index is 0.0346. The molecule has 0 heterocycles. The fourth-order valence-corrected chi connectivity index (χ4v) is 1.85. The van der Waals surface area contributed by atoms with Crippen LogP contribution in [0.15, 0.2) is 24.3 Å². The molecule has 0 saturated heterocycles. The van der Waals surface area contributed by atoms with Crippen molar-refractivity contribution in [2.75, 3.05) is 6.54 Å². The molecule has 1 amide bonds. The Morgan fingerprint density at radius 1 is 1.26 bits per heavy atom. The van der Waals surface area contributed by atoms with Crippen molar-refractivity contribution in [3.8, 4) is 0 Å². The molecule has 0 radical (unpaired) electrons. The van der Waals surface area contributed by atoms with Gasteiger partial charge in [-0.25, -0.2) is 0 Å². The van der Waals surface area contributed by atoms with E-state index in [1.165, 1.54) is 0 Å². The van der Waals surface area contributed by atoms with E-state index in [0.717, 1.165) is 5.56 Å². The molecule has 4 nitrogen and oxygen atoms in total. The number of hydrogen-bond acceptors (Lipinski definition) is 3. The molecular formula is C15H23NO3. The minimum atomic E-state index is -0.541. The highest BCUT2D eigenvalue weighted by molar-refractivity contribution is 5.94. The van der Waals surface area contributed by atoms with E-state index >= 15 is 0 Å². The summed E-state index contributed by atoms with van der Waals surface area (Å²) < 4.78 is 0. The van der Waals surface area contributed by atoms with E-state index in [4.69, 9.17) is 5.11 Å². The Morgan fingerprint density at radius 2 is 1.84 bits per heavy atom. The van der Waals surface area contributed by atoms with E-state index in [-0.39, 0.29) is 24.5 Å². The van der Waals surface area contributed by atoms with Crippen LogP contribution in [0.3, 0.4) is 0 Å². The zero-order chi connectivity index (χ0) is 14.5. The number of hydrogen-bond donors (Lipinski definition) is 3. The highest BCUT2D eigenvalue weighted by Crippen LogP contribution is 2.20. The van der Waals surface area contributed by atoms with Crippen LogP contribution < -0.4 is 5.32 Å². The average molecular weight is 265 g/mol. The van der Waals surface area contributed by atoms with Gasteiger partial charge in [-0.15, -0.1) is 0 Å². The van der Waals surface area contributed by atoms with Gasteiger partial charge in [0.25, 0.3) is 5.91 Å². The first-order valence-electron chi connectivity index (χ1n) is 6.48. The molecule has 3 N–H and O–H groups in total. The smallest absolute Gasteiger partial charge is 0.251 e. The third-order valence-corrected chi connectivity index (χ3v) is 2.74. The molecule has 1 aromatic rings. The maximum atomic E-state index is 11.8. The number of amides is 1. The molecule has 4 heteroatoms. The fraction of sp³-hybridized carbons (Fsp3) is 0.533. The predicted molar refractivity (Wildman–Crippen MR) is 74.8 cm³/mol. The van der Waals surface area contributed by atoms with Crippen molar-refractivity contribution < 1.29 is 15.0 Å². The Balaban J connectivity index is 2.46. The van der Waals surface area contributed by atoms with Crippen LogP contribution in [0.5, 0.6) is 0 Å². The summed E-state index contributed by atoms with van der Waals surface area (Å²) in [5.41, 5.74) is 1.33. The molecule has 1 rings (SSSR count). The Bertz CT molecular complexity index is 406. The topological polar surface area (TPSA) is 69.6 Å². The zero-order valence-electron chi connectivity index (χ0n) is 11.8. The van der Waals surface area contributed by atoms with Crippen LogP contribution in [-0.2, 0) is 6.61 Å². The maximum Gasteiger partial charge on any atom is 0.251 e. The molecule has 1 unspecified atom stereocenters. The largest absolute Gasteiger partial charge is 0.392 e. The van der Waals surface area contributed by atoms with E-state index in [2.05, 4.69) is 5.32 Å². The van der Waals surface area contributed by atoms with Crippen LogP contribution in [0.4, 0.5) is 0 Å². The zero-order valence-corrected chi connectivity index (χ0v) is 11.8. The number of carbonyl (C=O) groups excluding carboxylic acids is 1. The van der Waals surface area contributed by atoms with Crippen molar-refractivity contribution in [3.05, 3.63) is 35.4 Å². The van der Waals surface area contributed by atoms with Gasteiger partial charge < -0.3 is 15.5 Å². The number of benzene rings is 1. The highest BCUT2D eigenvalue weighted by atomic mass is 16.3. The number of nitrogens with one attached hydrogen (secondary N) is 1. The van der Waals surface area contributed by atoms with Crippen molar-refractivity contribution >= 4 is 5.91 Å². The summed E-state index contributed by atoms with van der Waals surface area (Å²) in [6, 6.07) is 6.75. The van der Waals surface area contributed by atoms with Crippen molar-refractivity contribution in [2.24, 2.45) is 5.41 Å². The van der Waals surface area contributed by atoms with Gasteiger partial charge in [0.2, 0.25) is 0 Å². The molecule has 0 spiro atoms. The molecule has 0 saturated carbocycles. The van der Waals surface area contributed by atoms with Gasteiger partial charge in [-0.1, -0.05) is 32.9 Å². The van der Waals surface area contributed by atoms with Gasteiger partial charge in [-0.05, 0) is 29.5 Å². The van der Waals surface area contributed by atoms with Crippen LogP contribution in [0.2, 0.25) is 0 Å². The van der Waals surface area contributed by atoms with Crippen molar-refractivity contribution in [1.29, 1.82) is 0 Å². The Kier molecular flexibility index (Phi) is 5.51. The molecule has 0 bridgehead atoms. The number of carbonyl (C=O) groups is 1. The summed E-state index contributed by atoms with van der Waals surface area (Å²) in [6.45, 7) is 6.35. The van der Waals surface area contributed by atoms with Crippen molar-refractivity contribution in [2.45, 2.75) is 39.9 Å². The number of aliphatic hydroxyl groups is 2. The SMILES string of the molecule is CC(C)(C)CC(O)CNC(=O)c1ccc(CO)cc1. The van der Waals surface area contributed by atoms with Crippen LogP contribution in [0.25, 0.3) is 0 Å². The van der Waals surface area contributed by atoms with E-state index in [1.54, 1.807) is 24.3 Å². The Hall–Kier alpha value is -1.39. The summed E-state index contributed by atoms with van der Waals surface area (Å²) in [7, 11) is 0. The van der Waals surface area contributed by atoms with Gasteiger partial charge in [0, 0.05) is 12.1 Å². The van der Waals surface area contributed by atoms with Crippen molar-refractivity contribution in [3.63, 3.8) is 0 Å². The molecule has 0 aromatic heterocycles. The lowest BCUT2D eigenvalue weighted by atomic mass is 9.89. The number of rotatable bonds is 5. The second kappa shape index (κ2) is 6.68. The molecule has 0 aliphatic rings. The normalized spacial score (nSPS) is 13.1. The van der Waals surface area contributed by atoms with E-state index in [0.29, 0.717) is 12.0 Å². The van der Waals surface area contributed by atoms with E-state index < -0.39 is 6.10 Å². The van der Waals surface area contributed by atoms with Gasteiger partial charge in [0.1, 0.15) is 0 Å². The van der Waals surface area contributed by atoms with Gasteiger partial charge in [0.05, 0.1) is 12.7 Å². The average Bonchev–Trinajstić information content (AvgIpc) is 2.34.